The van der Waals surface area contributed by atoms with Crippen LogP contribution in [-0.4, -0.2) is 31.1 Å². The number of carbonyl (C=O) groups is 1. The van der Waals surface area contributed by atoms with Crippen LogP contribution in [-0.2, 0) is 4.79 Å². The van der Waals surface area contributed by atoms with Crippen LogP contribution < -0.4 is 15.0 Å². The van der Waals surface area contributed by atoms with Crippen molar-refractivity contribution in [3.05, 3.63) is 48.0 Å². The van der Waals surface area contributed by atoms with Crippen molar-refractivity contribution >= 4 is 38.3 Å². The monoisotopic (exact) mass is 381 g/mol. The third kappa shape index (κ3) is 3.90. The number of fused-ring (bicyclic) bond motifs is 1. The van der Waals surface area contributed by atoms with Crippen LogP contribution in [0, 0.1) is 12.8 Å². The molecule has 1 N–H and O–H groups in total. The minimum atomic E-state index is 0.0315. The molecule has 0 unspecified atom stereocenters. The lowest BCUT2D eigenvalue weighted by Gasteiger charge is -2.31. The molecule has 5 nitrogen and oxygen atoms in total. The third-order valence-electron chi connectivity index (χ3n) is 5.01. The SMILES string of the molecule is COc1cccc(NC(=O)C2CCN(c3nc4ccc(C)cc4s3)CC2)c1. The Morgan fingerprint density at radius 2 is 2.04 bits per heavy atom. The molecule has 0 bridgehead atoms. The maximum Gasteiger partial charge on any atom is 0.227 e. The number of carbonyl (C=O) groups excluding carboxylic acids is 1. The zero-order valence-corrected chi connectivity index (χ0v) is 16.4. The number of piperidine rings is 1. The van der Waals surface area contributed by atoms with Crippen molar-refractivity contribution in [3.63, 3.8) is 0 Å². The Labute approximate surface area is 163 Å². The van der Waals surface area contributed by atoms with Gasteiger partial charge in [0.15, 0.2) is 5.13 Å². The molecule has 1 amide bonds. The molecule has 1 fully saturated rings. The Balaban J connectivity index is 1.38. The quantitative estimate of drug-likeness (QED) is 0.724. The van der Waals surface area contributed by atoms with Gasteiger partial charge in [-0.25, -0.2) is 4.98 Å². The van der Waals surface area contributed by atoms with Gasteiger partial charge in [-0.15, -0.1) is 0 Å². The number of aromatic nitrogens is 1. The Hall–Kier alpha value is -2.60. The lowest BCUT2D eigenvalue weighted by Crippen LogP contribution is -2.38. The number of rotatable bonds is 4. The number of nitrogens with one attached hydrogen (secondary N) is 1. The average molecular weight is 382 g/mol. The van der Waals surface area contributed by atoms with Gasteiger partial charge in [0.05, 0.1) is 17.3 Å². The summed E-state index contributed by atoms with van der Waals surface area (Å²) in [6.07, 6.45) is 1.68. The summed E-state index contributed by atoms with van der Waals surface area (Å²) < 4.78 is 6.44. The second-order valence-corrected chi connectivity index (χ2v) is 7.96. The average Bonchev–Trinajstić information content (AvgIpc) is 3.11. The molecule has 1 aromatic heterocycles. The minimum Gasteiger partial charge on any atom is -0.497 e. The Morgan fingerprint density at radius 1 is 1.22 bits per heavy atom. The van der Waals surface area contributed by atoms with Crippen molar-refractivity contribution in [3.8, 4) is 5.75 Å². The van der Waals surface area contributed by atoms with Gasteiger partial charge in [0.25, 0.3) is 0 Å². The molecule has 140 valence electrons. The number of benzene rings is 2. The first-order valence-corrected chi connectivity index (χ1v) is 10.0. The molecule has 3 aromatic rings. The summed E-state index contributed by atoms with van der Waals surface area (Å²) in [6, 6.07) is 13.8. The van der Waals surface area contributed by atoms with Crippen molar-refractivity contribution in [2.75, 3.05) is 30.4 Å². The van der Waals surface area contributed by atoms with Gasteiger partial charge in [-0.3, -0.25) is 4.79 Å². The smallest absolute Gasteiger partial charge is 0.227 e. The zero-order valence-electron chi connectivity index (χ0n) is 15.6. The lowest BCUT2D eigenvalue weighted by atomic mass is 9.96. The van der Waals surface area contributed by atoms with E-state index in [2.05, 4.69) is 35.3 Å². The molecule has 0 saturated carbocycles. The van der Waals surface area contributed by atoms with E-state index in [9.17, 15) is 4.79 Å². The molecule has 2 aromatic carbocycles. The topological polar surface area (TPSA) is 54.5 Å². The van der Waals surface area contributed by atoms with Crippen molar-refractivity contribution in [2.45, 2.75) is 19.8 Å². The molecule has 1 aliphatic rings. The molecule has 4 rings (SSSR count). The number of anilines is 2. The number of aryl methyl sites for hydroxylation is 1. The lowest BCUT2D eigenvalue weighted by molar-refractivity contribution is -0.120. The summed E-state index contributed by atoms with van der Waals surface area (Å²) in [5.41, 5.74) is 3.09. The normalized spacial score (nSPS) is 15.1. The second kappa shape index (κ2) is 7.56. The highest BCUT2D eigenvalue weighted by Crippen LogP contribution is 2.32. The summed E-state index contributed by atoms with van der Waals surface area (Å²) in [6.45, 7) is 3.81. The molecule has 0 radical (unpaired) electrons. The fourth-order valence-electron chi connectivity index (χ4n) is 3.43. The number of ether oxygens (including phenoxy) is 1. The van der Waals surface area contributed by atoms with Gasteiger partial charge < -0.3 is 15.0 Å². The highest BCUT2D eigenvalue weighted by atomic mass is 32.1. The second-order valence-electron chi connectivity index (χ2n) is 6.95. The van der Waals surface area contributed by atoms with Crippen LogP contribution >= 0.6 is 11.3 Å². The first kappa shape index (κ1) is 17.8. The Bertz CT molecular complexity index is 961. The standard InChI is InChI=1S/C21H23N3O2S/c1-14-6-7-18-19(12-14)27-21(23-18)24-10-8-15(9-11-24)20(25)22-16-4-3-5-17(13-16)26-2/h3-7,12-13,15H,8-11H2,1-2H3,(H,22,25). The van der Waals surface area contributed by atoms with E-state index in [1.165, 1.54) is 10.3 Å². The maximum absolute atomic E-state index is 12.6. The summed E-state index contributed by atoms with van der Waals surface area (Å²) in [5, 5.41) is 4.08. The van der Waals surface area contributed by atoms with Crippen LogP contribution in [0.4, 0.5) is 10.8 Å². The summed E-state index contributed by atoms with van der Waals surface area (Å²) >= 11 is 1.73. The van der Waals surface area contributed by atoms with Crippen LogP contribution in [0.2, 0.25) is 0 Å². The van der Waals surface area contributed by atoms with Crippen molar-refractivity contribution < 1.29 is 9.53 Å². The van der Waals surface area contributed by atoms with Crippen LogP contribution in [0.3, 0.4) is 0 Å². The molecular weight excluding hydrogens is 358 g/mol. The summed E-state index contributed by atoms with van der Waals surface area (Å²) in [5.74, 6) is 0.862. The number of hydrogen-bond donors (Lipinski definition) is 1. The first-order valence-electron chi connectivity index (χ1n) is 9.19. The molecule has 2 heterocycles. The van der Waals surface area contributed by atoms with Crippen LogP contribution in [0.5, 0.6) is 5.75 Å². The zero-order chi connectivity index (χ0) is 18.8. The third-order valence-corrected chi connectivity index (χ3v) is 6.09. The van der Waals surface area contributed by atoms with E-state index in [1.54, 1.807) is 18.4 Å². The molecule has 1 saturated heterocycles. The summed E-state index contributed by atoms with van der Waals surface area (Å²) in [7, 11) is 1.63. The molecule has 1 aliphatic heterocycles. The van der Waals surface area contributed by atoms with E-state index < -0.39 is 0 Å². The van der Waals surface area contributed by atoms with E-state index >= 15 is 0 Å². The molecule has 0 spiro atoms. The highest BCUT2D eigenvalue weighted by Gasteiger charge is 2.26. The molecule has 27 heavy (non-hydrogen) atoms. The predicted octanol–water partition coefficient (Wildman–Crippen LogP) is 4.47. The van der Waals surface area contributed by atoms with E-state index in [0.717, 1.165) is 48.0 Å². The fraction of sp³-hybridized carbons (Fsp3) is 0.333. The summed E-state index contributed by atoms with van der Waals surface area (Å²) in [4.78, 5) is 19.7. The van der Waals surface area contributed by atoms with Gasteiger partial charge in [0, 0.05) is 30.8 Å². The van der Waals surface area contributed by atoms with Crippen molar-refractivity contribution in [1.82, 2.24) is 4.98 Å². The van der Waals surface area contributed by atoms with Gasteiger partial charge in [-0.2, -0.15) is 0 Å². The number of hydrogen-bond acceptors (Lipinski definition) is 5. The molecule has 6 heteroatoms. The Morgan fingerprint density at radius 3 is 2.81 bits per heavy atom. The first-order chi connectivity index (χ1) is 13.1. The van der Waals surface area contributed by atoms with Gasteiger partial charge in [-0.05, 0) is 49.6 Å². The largest absolute Gasteiger partial charge is 0.497 e. The Kier molecular flexibility index (Phi) is 4.99. The van der Waals surface area contributed by atoms with Gasteiger partial charge in [0.1, 0.15) is 5.75 Å². The molecular formula is C21H23N3O2S. The van der Waals surface area contributed by atoms with E-state index in [1.807, 2.05) is 24.3 Å². The van der Waals surface area contributed by atoms with Crippen molar-refractivity contribution in [1.29, 1.82) is 0 Å². The minimum absolute atomic E-state index is 0.0315. The highest BCUT2D eigenvalue weighted by molar-refractivity contribution is 7.22. The van der Waals surface area contributed by atoms with E-state index in [0.29, 0.717) is 0 Å². The van der Waals surface area contributed by atoms with Gasteiger partial charge >= 0.3 is 0 Å². The van der Waals surface area contributed by atoms with Gasteiger partial charge in [-0.1, -0.05) is 23.5 Å². The molecule has 0 atom stereocenters. The maximum atomic E-state index is 12.6. The van der Waals surface area contributed by atoms with E-state index in [4.69, 9.17) is 9.72 Å². The molecule has 0 aliphatic carbocycles. The van der Waals surface area contributed by atoms with Gasteiger partial charge in [0.2, 0.25) is 5.91 Å². The van der Waals surface area contributed by atoms with E-state index in [-0.39, 0.29) is 11.8 Å². The predicted molar refractivity (Wildman–Crippen MR) is 111 cm³/mol. The number of amides is 1. The van der Waals surface area contributed by atoms with Crippen LogP contribution in [0.1, 0.15) is 18.4 Å². The van der Waals surface area contributed by atoms with Crippen LogP contribution in [0.15, 0.2) is 42.5 Å². The van der Waals surface area contributed by atoms with Crippen molar-refractivity contribution in [2.24, 2.45) is 5.92 Å². The number of thiazole rings is 1. The van der Waals surface area contributed by atoms with Crippen LogP contribution in [0.25, 0.3) is 10.2 Å². The number of nitrogens with zero attached hydrogens (tertiary/aromatic N) is 2. The fourth-order valence-corrected chi connectivity index (χ4v) is 4.55. The number of methoxy groups -OCH3 is 1.